The van der Waals surface area contributed by atoms with Gasteiger partial charge in [-0.3, -0.25) is 4.18 Å². The highest BCUT2D eigenvalue weighted by molar-refractivity contribution is 7.90. The monoisotopic (exact) mass is 136 g/mol. The summed E-state index contributed by atoms with van der Waals surface area (Å²) in [6.07, 6.45) is 0. The molecule has 3 nitrogen and oxygen atoms in total. The van der Waals surface area contributed by atoms with Gasteiger partial charge in [-0.1, -0.05) is 6.58 Å². The lowest BCUT2D eigenvalue weighted by Crippen LogP contribution is -2.00. The van der Waals surface area contributed by atoms with Crippen molar-refractivity contribution in [2.24, 2.45) is 0 Å². The van der Waals surface area contributed by atoms with Crippen LogP contribution in [0.25, 0.3) is 0 Å². The Morgan fingerprint density at radius 3 is 2.00 bits per heavy atom. The first kappa shape index (κ1) is 7.65. The van der Waals surface area contributed by atoms with E-state index in [-0.39, 0.29) is 4.91 Å². The molecule has 0 atom stereocenters. The van der Waals surface area contributed by atoms with Crippen molar-refractivity contribution in [3.05, 3.63) is 11.5 Å². The van der Waals surface area contributed by atoms with Gasteiger partial charge in [-0.2, -0.15) is 8.42 Å². The highest BCUT2D eigenvalue weighted by Gasteiger charge is 2.06. The van der Waals surface area contributed by atoms with Crippen LogP contribution in [0.4, 0.5) is 0 Å². The van der Waals surface area contributed by atoms with E-state index in [1.54, 1.807) is 0 Å². The van der Waals surface area contributed by atoms with Crippen LogP contribution in [-0.4, -0.2) is 15.5 Å². The standard InChI is InChI=1S/C4H8O3S/c1-4(2)8(5,6)7-3/h1H2,2-3H3. The van der Waals surface area contributed by atoms with E-state index in [4.69, 9.17) is 0 Å². The molecule has 0 amide bonds. The Kier molecular flexibility index (Phi) is 2.18. The summed E-state index contributed by atoms with van der Waals surface area (Å²) in [5.41, 5.74) is 0. The smallest absolute Gasteiger partial charge is 0.270 e. The lowest BCUT2D eigenvalue weighted by atomic mass is 10.8. The van der Waals surface area contributed by atoms with Gasteiger partial charge in [0.1, 0.15) is 0 Å². The van der Waals surface area contributed by atoms with Gasteiger partial charge < -0.3 is 0 Å². The molecule has 0 aliphatic carbocycles. The van der Waals surface area contributed by atoms with Gasteiger partial charge in [-0.05, 0) is 6.92 Å². The first-order valence-corrected chi connectivity index (χ1v) is 3.37. The largest absolute Gasteiger partial charge is 0.291 e. The topological polar surface area (TPSA) is 43.4 Å². The van der Waals surface area contributed by atoms with Crippen LogP contribution in [0.3, 0.4) is 0 Å². The van der Waals surface area contributed by atoms with Gasteiger partial charge >= 0.3 is 0 Å². The highest BCUT2D eigenvalue weighted by Crippen LogP contribution is 2.01. The first-order chi connectivity index (χ1) is 3.50. The maximum Gasteiger partial charge on any atom is 0.291 e. The average Bonchev–Trinajstić information content (AvgIpc) is 1.67. The summed E-state index contributed by atoms with van der Waals surface area (Å²) in [5, 5.41) is 0. The maximum atomic E-state index is 10.4. The molecule has 0 bridgehead atoms. The van der Waals surface area contributed by atoms with Gasteiger partial charge in [0, 0.05) is 0 Å². The second kappa shape index (κ2) is 2.28. The Hall–Kier alpha value is -0.350. The molecule has 0 aliphatic rings. The molecule has 0 heterocycles. The van der Waals surface area contributed by atoms with Gasteiger partial charge in [0.2, 0.25) is 0 Å². The van der Waals surface area contributed by atoms with E-state index in [1.807, 2.05) is 0 Å². The summed E-state index contributed by atoms with van der Waals surface area (Å²) in [6.45, 7) is 4.56. The van der Waals surface area contributed by atoms with E-state index in [2.05, 4.69) is 10.8 Å². The summed E-state index contributed by atoms with van der Waals surface area (Å²) in [4.78, 5) is 0.0278. The second-order valence-electron chi connectivity index (χ2n) is 1.32. The van der Waals surface area contributed by atoms with Crippen molar-refractivity contribution in [1.29, 1.82) is 0 Å². The summed E-state index contributed by atoms with van der Waals surface area (Å²) in [7, 11) is -2.33. The molecule has 0 spiro atoms. The summed E-state index contributed by atoms with van der Waals surface area (Å²) in [6, 6.07) is 0. The molecule has 48 valence electrons. The zero-order chi connectivity index (χ0) is 6.78. The third-order valence-electron chi connectivity index (χ3n) is 0.646. The highest BCUT2D eigenvalue weighted by atomic mass is 32.2. The third kappa shape index (κ3) is 1.63. The lowest BCUT2D eigenvalue weighted by Gasteiger charge is -1.95. The molecule has 0 aromatic carbocycles. The van der Waals surface area contributed by atoms with Gasteiger partial charge in [0.15, 0.2) is 0 Å². The SMILES string of the molecule is C=C(C)S(=O)(=O)OC. The molecular weight excluding hydrogens is 128 g/mol. The number of hydrogen-bond donors (Lipinski definition) is 0. The van der Waals surface area contributed by atoms with Crippen LogP contribution in [-0.2, 0) is 14.3 Å². The minimum Gasteiger partial charge on any atom is -0.270 e. The summed E-state index contributed by atoms with van der Waals surface area (Å²) < 4.78 is 24.8. The molecule has 0 rings (SSSR count). The van der Waals surface area contributed by atoms with Crippen molar-refractivity contribution in [3.8, 4) is 0 Å². The van der Waals surface area contributed by atoms with Crippen LogP contribution in [0.15, 0.2) is 11.5 Å². The van der Waals surface area contributed by atoms with Crippen molar-refractivity contribution in [3.63, 3.8) is 0 Å². The Labute approximate surface area is 49.1 Å². The third-order valence-corrected chi connectivity index (χ3v) is 1.94. The van der Waals surface area contributed by atoms with Crippen LogP contribution in [0.1, 0.15) is 6.92 Å². The summed E-state index contributed by atoms with van der Waals surface area (Å²) >= 11 is 0. The molecule has 0 fully saturated rings. The molecule has 8 heavy (non-hydrogen) atoms. The Balaban J connectivity index is 4.42. The van der Waals surface area contributed by atoms with E-state index in [1.165, 1.54) is 6.92 Å². The zero-order valence-corrected chi connectivity index (χ0v) is 5.66. The van der Waals surface area contributed by atoms with Crippen molar-refractivity contribution in [2.75, 3.05) is 7.11 Å². The first-order valence-electron chi connectivity index (χ1n) is 1.97. The Morgan fingerprint density at radius 1 is 1.62 bits per heavy atom. The molecule has 0 radical (unpaired) electrons. The minimum absolute atomic E-state index is 0.0278. The number of rotatable bonds is 2. The maximum absolute atomic E-state index is 10.4. The van der Waals surface area contributed by atoms with Crippen LogP contribution in [0.2, 0.25) is 0 Å². The van der Waals surface area contributed by atoms with E-state index in [0.717, 1.165) is 7.11 Å². The predicted molar refractivity (Wildman–Crippen MR) is 30.7 cm³/mol. The lowest BCUT2D eigenvalue weighted by molar-refractivity contribution is 0.404. The van der Waals surface area contributed by atoms with E-state index in [0.29, 0.717) is 0 Å². The summed E-state index contributed by atoms with van der Waals surface area (Å²) in [5.74, 6) is 0. The van der Waals surface area contributed by atoms with Crippen LogP contribution in [0, 0.1) is 0 Å². The fraction of sp³-hybridized carbons (Fsp3) is 0.500. The molecule has 4 heteroatoms. The number of hydrogen-bond acceptors (Lipinski definition) is 3. The molecule has 0 saturated heterocycles. The molecular formula is C4H8O3S. The van der Waals surface area contributed by atoms with Gasteiger partial charge in [0.05, 0.1) is 12.0 Å². The molecule has 0 saturated carbocycles. The van der Waals surface area contributed by atoms with Gasteiger partial charge in [0.25, 0.3) is 10.1 Å². The predicted octanol–water partition coefficient (Wildman–Crippen LogP) is 0.496. The van der Waals surface area contributed by atoms with Crippen molar-refractivity contribution in [1.82, 2.24) is 0 Å². The Morgan fingerprint density at radius 2 is 2.00 bits per heavy atom. The zero-order valence-electron chi connectivity index (χ0n) is 4.84. The Bertz CT molecular complexity index is 177. The van der Waals surface area contributed by atoms with Crippen molar-refractivity contribution < 1.29 is 12.6 Å². The van der Waals surface area contributed by atoms with Gasteiger partial charge in [-0.15, -0.1) is 0 Å². The fourth-order valence-corrected chi connectivity index (χ4v) is 0.427. The molecule has 0 aromatic rings. The minimum atomic E-state index is -3.43. The number of allylic oxidation sites excluding steroid dienone is 1. The van der Waals surface area contributed by atoms with Crippen LogP contribution >= 0.6 is 0 Å². The molecule has 0 aliphatic heterocycles. The van der Waals surface area contributed by atoms with E-state index in [9.17, 15) is 8.42 Å². The fourth-order valence-electron chi connectivity index (χ4n) is 0.142. The second-order valence-corrected chi connectivity index (χ2v) is 3.26. The van der Waals surface area contributed by atoms with Crippen LogP contribution in [0.5, 0.6) is 0 Å². The average molecular weight is 136 g/mol. The van der Waals surface area contributed by atoms with Crippen molar-refractivity contribution >= 4 is 10.1 Å². The van der Waals surface area contributed by atoms with Crippen molar-refractivity contribution in [2.45, 2.75) is 6.92 Å². The molecule has 0 N–H and O–H groups in total. The van der Waals surface area contributed by atoms with E-state index < -0.39 is 10.1 Å². The molecule has 0 unspecified atom stereocenters. The van der Waals surface area contributed by atoms with Crippen LogP contribution < -0.4 is 0 Å². The normalized spacial score (nSPS) is 11.2. The molecule has 0 aromatic heterocycles. The van der Waals surface area contributed by atoms with E-state index >= 15 is 0 Å². The van der Waals surface area contributed by atoms with Gasteiger partial charge in [-0.25, -0.2) is 0 Å². The quantitative estimate of drug-likeness (QED) is 0.519.